The molecule has 3 unspecified atom stereocenters. The van der Waals surface area contributed by atoms with Gasteiger partial charge in [-0.2, -0.15) is 0 Å². The first-order valence-electron chi connectivity index (χ1n) is 9.56. The van der Waals surface area contributed by atoms with Gasteiger partial charge in [0.05, 0.1) is 0 Å². The van der Waals surface area contributed by atoms with E-state index in [0.717, 1.165) is 17.8 Å². The maximum atomic E-state index is 6.37. The fourth-order valence-electron chi connectivity index (χ4n) is 4.21. The van der Waals surface area contributed by atoms with E-state index in [2.05, 4.69) is 6.92 Å². The lowest BCUT2D eigenvalue weighted by Gasteiger charge is -2.20. The lowest BCUT2D eigenvalue weighted by Crippen LogP contribution is -2.29. The molecule has 0 saturated heterocycles. The normalized spacial score (nSPS) is 29.4. The molecule has 0 heterocycles. The highest BCUT2D eigenvalue weighted by atomic mass is 14.7. The second kappa shape index (κ2) is 9.07. The molecule has 2 aliphatic carbocycles. The van der Waals surface area contributed by atoms with E-state index in [1.807, 2.05) is 0 Å². The van der Waals surface area contributed by atoms with Crippen molar-refractivity contribution in [3.05, 3.63) is 0 Å². The molecule has 118 valence electrons. The molecular weight excluding hydrogens is 242 g/mol. The molecule has 2 aliphatic rings. The fourth-order valence-corrected chi connectivity index (χ4v) is 4.21. The number of unbranched alkanes of at least 4 members (excludes halogenated alkanes) is 9. The summed E-state index contributed by atoms with van der Waals surface area (Å²) in [6.07, 6.45) is 20.1. The molecule has 0 aromatic heterocycles. The minimum atomic E-state index is 0.525. The van der Waals surface area contributed by atoms with E-state index in [4.69, 9.17) is 5.73 Å². The van der Waals surface area contributed by atoms with Crippen LogP contribution in [-0.2, 0) is 0 Å². The van der Waals surface area contributed by atoms with Crippen LogP contribution in [-0.4, -0.2) is 6.04 Å². The average molecular weight is 280 g/mol. The van der Waals surface area contributed by atoms with Crippen LogP contribution in [0, 0.1) is 17.8 Å². The van der Waals surface area contributed by atoms with Gasteiger partial charge in [-0.1, -0.05) is 71.1 Å². The first-order chi connectivity index (χ1) is 9.81. The van der Waals surface area contributed by atoms with Crippen LogP contribution in [0.5, 0.6) is 0 Å². The van der Waals surface area contributed by atoms with Gasteiger partial charge in [0.15, 0.2) is 0 Å². The summed E-state index contributed by atoms with van der Waals surface area (Å²) < 4.78 is 0. The van der Waals surface area contributed by atoms with Crippen LogP contribution in [0.4, 0.5) is 0 Å². The molecule has 0 spiro atoms. The Morgan fingerprint density at radius 3 is 1.80 bits per heavy atom. The average Bonchev–Trinajstić information content (AvgIpc) is 3.07. The van der Waals surface area contributed by atoms with Gasteiger partial charge in [0.1, 0.15) is 0 Å². The van der Waals surface area contributed by atoms with Gasteiger partial charge in [0.2, 0.25) is 0 Å². The van der Waals surface area contributed by atoms with E-state index >= 15 is 0 Å². The van der Waals surface area contributed by atoms with Crippen molar-refractivity contribution in [1.29, 1.82) is 0 Å². The SMILES string of the molecule is CCCCCCCCCCCCC(N)C1CC2CC2C1. The summed E-state index contributed by atoms with van der Waals surface area (Å²) in [5.41, 5.74) is 6.37. The number of hydrogen-bond donors (Lipinski definition) is 1. The molecule has 0 amide bonds. The summed E-state index contributed by atoms with van der Waals surface area (Å²) in [5.74, 6) is 3.08. The number of rotatable bonds is 12. The maximum Gasteiger partial charge on any atom is 0.00673 e. The predicted molar refractivity (Wildman–Crippen MR) is 88.8 cm³/mol. The fraction of sp³-hybridized carbons (Fsp3) is 1.00. The molecule has 2 N–H and O–H groups in total. The van der Waals surface area contributed by atoms with Gasteiger partial charge in [-0.25, -0.2) is 0 Å². The van der Waals surface area contributed by atoms with Crippen LogP contribution in [0.2, 0.25) is 0 Å². The van der Waals surface area contributed by atoms with Crippen molar-refractivity contribution >= 4 is 0 Å². The number of nitrogens with two attached hydrogens (primary N) is 1. The molecular formula is C19H37N. The van der Waals surface area contributed by atoms with Gasteiger partial charge in [-0.15, -0.1) is 0 Å². The zero-order valence-electron chi connectivity index (χ0n) is 13.8. The van der Waals surface area contributed by atoms with Crippen molar-refractivity contribution in [3.8, 4) is 0 Å². The Morgan fingerprint density at radius 2 is 1.25 bits per heavy atom. The van der Waals surface area contributed by atoms with E-state index in [1.54, 1.807) is 0 Å². The highest BCUT2D eigenvalue weighted by Gasteiger charge is 2.46. The summed E-state index contributed by atoms with van der Waals surface area (Å²) in [6.45, 7) is 2.29. The number of hydrogen-bond acceptors (Lipinski definition) is 1. The highest BCUT2D eigenvalue weighted by molar-refractivity contribution is 4.98. The second-order valence-corrected chi connectivity index (χ2v) is 7.62. The summed E-state index contributed by atoms with van der Waals surface area (Å²) in [6, 6.07) is 0.525. The molecule has 0 aliphatic heterocycles. The van der Waals surface area contributed by atoms with E-state index in [1.165, 1.54) is 89.9 Å². The van der Waals surface area contributed by atoms with Crippen molar-refractivity contribution in [2.75, 3.05) is 0 Å². The Kier molecular flexibility index (Phi) is 7.41. The topological polar surface area (TPSA) is 26.0 Å². The van der Waals surface area contributed by atoms with Crippen molar-refractivity contribution in [3.63, 3.8) is 0 Å². The van der Waals surface area contributed by atoms with Gasteiger partial charge in [-0.3, -0.25) is 0 Å². The van der Waals surface area contributed by atoms with Gasteiger partial charge < -0.3 is 5.73 Å². The van der Waals surface area contributed by atoms with Crippen molar-refractivity contribution < 1.29 is 0 Å². The highest BCUT2D eigenvalue weighted by Crippen LogP contribution is 2.55. The Balaban J connectivity index is 1.33. The van der Waals surface area contributed by atoms with Crippen LogP contribution >= 0.6 is 0 Å². The number of fused-ring (bicyclic) bond motifs is 1. The third kappa shape index (κ3) is 5.76. The van der Waals surface area contributed by atoms with Crippen LogP contribution in [0.3, 0.4) is 0 Å². The molecule has 2 fully saturated rings. The van der Waals surface area contributed by atoms with Crippen LogP contribution in [0.25, 0.3) is 0 Å². The van der Waals surface area contributed by atoms with E-state index < -0.39 is 0 Å². The van der Waals surface area contributed by atoms with E-state index in [-0.39, 0.29) is 0 Å². The quantitative estimate of drug-likeness (QED) is 0.458. The second-order valence-electron chi connectivity index (χ2n) is 7.62. The van der Waals surface area contributed by atoms with Crippen LogP contribution < -0.4 is 5.73 Å². The molecule has 0 bridgehead atoms. The largest absolute Gasteiger partial charge is 0.327 e. The smallest absolute Gasteiger partial charge is 0.00673 e. The minimum Gasteiger partial charge on any atom is -0.327 e. The molecule has 1 heteroatoms. The summed E-state index contributed by atoms with van der Waals surface area (Å²) in [4.78, 5) is 0. The molecule has 1 nitrogen and oxygen atoms in total. The Morgan fingerprint density at radius 1 is 0.750 bits per heavy atom. The third-order valence-corrected chi connectivity index (χ3v) is 5.78. The monoisotopic (exact) mass is 279 g/mol. The molecule has 2 saturated carbocycles. The zero-order chi connectivity index (χ0) is 14.2. The van der Waals surface area contributed by atoms with Gasteiger partial charge in [0.25, 0.3) is 0 Å². The van der Waals surface area contributed by atoms with Gasteiger partial charge in [0, 0.05) is 6.04 Å². The first kappa shape index (κ1) is 16.3. The molecule has 3 atom stereocenters. The first-order valence-corrected chi connectivity index (χ1v) is 9.56. The molecule has 20 heavy (non-hydrogen) atoms. The van der Waals surface area contributed by atoms with Crippen molar-refractivity contribution in [2.45, 2.75) is 103 Å². The lowest BCUT2D eigenvalue weighted by molar-refractivity contribution is 0.366. The standard InChI is InChI=1S/C19H37N/c1-2-3-4-5-6-7-8-9-10-11-12-19(20)18-14-16-13-17(16)15-18/h16-19H,2-15,20H2,1H3. The summed E-state index contributed by atoms with van der Waals surface area (Å²) in [7, 11) is 0. The van der Waals surface area contributed by atoms with Gasteiger partial charge in [-0.05, 0) is 43.4 Å². The van der Waals surface area contributed by atoms with Crippen molar-refractivity contribution in [1.82, 2.24) is 0 Å². The molecule has 2 rings (SSSR count). The zero-order valence-corrected chi connectivity index (χ0v) is 13.8. The van der Waals surface area contributed by atoms with Crippen molar-refractivity contribution in [2.24, 2.45) is 23.5 Å². The van der Waals surface area contributed by atoms with E-state index in [0.29, 0.717) is 6.04 Å². The minimum absolute atomic E-state index is 0.525. The molecule has 0 aromatic carbocycles. The van der Waals surface area contributed by atoms with Crippen LogP contribution in [0.15, 0.2) is 0 Å². The predicted octanol–water partition coefficient (Wildman–Crippen LogP) is 5.67. The van der Waals surface area contributed by atoms with Crippen LogP contribution in [0.1, 0.15) is 96.8 Å². The van der Waals surface area contributed by atoms with Gasteiger partial charge >= 0.3 is 0 Å². The molecule has 0 aromatic rings. The third-order valence-electron chi connectivity index (χ3n) is 5.78. The maximum absolute atomic E-state index is 6.37. The Hall–Kier alpha value is -0.0400. The Bertz CT molecular complexity index is 240. The molecule has 0 radical (unpaired) electrons. The summed E-state index contributed by atoms with van der Waals surface area (Å²) in [5, 5.41) is 0. The summed E-state index contributed by atoms with van der Waals surface area (Å²) >= 11 is 0. The lowest BCUT2D eigenvalue weighted by atomic mass is 9.91. The Labute approximate surface area is 127 Å². The van der Waals surface area contributed by atoms with E-state index in [9.17, 15) is 0 Å².